The summed E-state index contributed by atoms with van der Waals surface area (Å²) in [5.74, 6) is -0.144. The molecule has 0 aromatic heterocycles. The number of hydrogen-bond donors (Lipinski definition) is 3. The summed E-state index contributed by atoms with van der Waals surface area (Å²) < 4.78 is 4.98. The maximum absolute atomic E-state index is 11.2. The molecule has 0 heterocycles. The molecule has 0 radical (unpaired) electrons. The van der Waals surface area contributed by atoms with Crippen LogP contribution in [0.3, 0.4) is 0 Å². The van der Waals surface area contributed by atoms with E-state index in [4.69, 9.17) is 15.6 Å². The van der Waals surface area contributed by atoms with Crippen molar-refractivity contribution in [1.82, 2.24) is 5.32 Å². The van der Waals surface area contributed by atoms with Gasteiger partial charge in [-0.05, 0) is 11.8 Å². The largest absolute Gasteiger partial charge is 0.396 e. The van der Waals surface area contributed by atoms with Crippen molar-refractivity contribution in [2.24, 2.45) is 11.1 Å². The van der Waals surface area contributed by atoms with Crippen LogP contribution in [-0.4, -0.2) is 43.9 Å². The van der Waals surface area contributed by atoms with Crippen LogP contribution in [0.5, 0.6) is 0 Å². The number of aliphatic hydroxyl groups is 1. The van der Waals surface area contributed by atoms with Gasteiger partial charge in [0.05, 0.1) is 6.61 Å². The van der Waals surface area contributed by atoms with Gasteiger partial charge in [-0.15, -0.1) is 0 Å². The second-order valence-electron chi connectivity index (χ2n) is 4.26. The van der Waals surface area contributed by atoms with E-state index in [2.05, 4.69) is 5.32 Å². The van der Waals surface area contributed by atoms with Gasteiger partial charge >= 0.3 is 0 Å². The molecule has 0 aliphatic carbocycles. The normalized spacial score (nSPS) is 11.5. The van der Waals surface area contributed by atoms with Crippen molar-refractivity contribution >= 4 is 5.91 Å². The van der Waals surface area contributed by atoms with Crippen LogP contribution in [0, 0.1) is 5.41 Å². The van der Waals surface area contributed by atoms with Gasteiger partial charge in [-0.25, -0.2) is 0 Å². The summed E-state index contributed by atoms with van der Waals surface area (Å²) >= 11 is 0. The molecule has 0 saturated carbocycles. The van der Waals surface area contributed by atoms with Crippen molar-refractivity contribution in [2.75, 3.05) is 32.9 Å². The molecule has 5 heteroatoms. The highest BCUT2D eigenvalue weighted by Gasteiger charge is 2.17. The van der Waals surface area contributed by atoms with Crippen molar-refractivity contribution in [3.05, 3.63) is 0 Å². The van der Waals surface area contributed by atoms with Gasteiger partial charge in [0, 0.05) is 19.7 Å². The molecule has 90 valence electrons. The van der Waals surface area contributed by atoms with Crippen LogP contribution in [0.25, 0.3) is 0 Å². The summed E-state index contributed by atoms with van der Waals surface area (Å²) in [6.07, 6.45) is 0.664. The highest BCUT2D eigenvalue weighted by Crippen LogP contribution is 2.17. The topological polar surface area (TPSA) is 84.6 Å². The number of nitrogens with two attached hydrogens (primary N) is 1. The van der Waals surface area contributed by atoms with E-state index in [1.54, 1.807) is 0 Å². The van der Waals surface area contributed by atoms with Crippen molar-refractivity contribution in [1.29, 1.82) is 0 Å². The van der Waals surface area contributed by atoms with Gasteiger partial charge in [-0.3, -0.25) is 4.79 Å². The Morgan fingerprint density at radius 3 is 2.73 bits per heavy atom. The van der Waals surface area contributed by atoms with Gasteiger partial charge in [-0.2, -0.15) is 0 Å². The van der Waals surface area contributed by atoms with Crippen LogP contribution in [0.2, 0.25) is 0 Å². The lowest BCUT2D eigenvalue weighted by Crippen LogP contribution is -2.36. The Hall–Kier alpha value is -0.650. The first kappa shape index (κ1) is 14.3. The maximum Gasteiger partial charge on any atom is 0.246 e. The Labute approximate surface area is 91.0 Å². The minimum atomic E-state index is -0.144. The molecule has 0 fully saturated rings. The van der Waals surface area contributed by atoms with Crippen LogP contribution in [-0.2, 0) is 9.53 Å². The average Bonchev–Trinajstić information content (AvgIpc) is 2.15. The third kappa shape index (κ3) is 8.35. The van der Waals surface area contributed by atoms with Gasteiger partial charge in [0.1, 0.15) is 6.61 Å². The van der Waals surface area contributed by atoms with Gasteiger partial charge in [-0.1, -0.05) is 13.8 Å². The number of ether oxygens (including phenoxy) is 1. The number of carbonyl (C=O) groups excluding carboxylic acids is 1. The number of aliphatic hydroxyl groups excluding tert-OH is 1. The Morgan fingerprint density at radius 2 is 2.20 bits per heavy atom. The number of hydrogen-bond acceptors (Lipinski definition) is 4. The third-order valence-corrected chi connectivity index (χ3v) is 2.05. The van der Waals surface area contributed by atoms with Crippen molar-refractivity contribution in [3.8, 4) is 0 Å². The highest BCUT2D eigenvalue weighted by atomic mass is 16.5. The molecule has 0 bridgehead atoms. The Bertz CT molecular complexity index is 184. The third-order valence-electron chi connectivity index (χ3n) is 2.05. The Morgan fingerprint density at radius 1 is 1.53 bits per heavy atom. The zero-order chi connectivity index (χ0) is 11.7. The van der Waals surface area contributed by atoms with Crippen LogP contribution in [0.15, 0.2) is 0 Å². The van der Waals surface area contributed by atoms with E-state index in [1.807, 2.05) is 13.8 Å². The molecule has 4 N–H and O–H groups in total. The fraction of sp³-hybridized carbons (Fsp3) is 0.900. The molecule has 0 rings (SSSR count). The second-order valence-corrected chi connectivity index (χ2v) is 4.26. The summed E-state index contributed by atoms with van der Waals surface area (Å²) in [5, 5.41) is 11.5. The molecule has 0 saturated heterocycles. The molecule has 5 nitrogen and oxygen atoms in total. The Balaban J connectivity index is 3.60. The molecular formula is C10H22N2O3. The first-order valence-electron chi connectivity index (χ1n) is 5.17. The first-order valence-corrected chi connectivity index (χ1v) is 5.17. The second kappa shape index (κ2) is 7.62. The van der Waals surface area contributed by atoms with Crippen LogP contribution in [0.1, 0.15) is 20.3 Å². The van der Waals surface area contributed by atoms with E-state index in [1.165, 1.54) is 0 Å². The van der Waals surface area contributed by atoms with E-state index in [0.717, 1.165) is 0 Å². The van der Waals surface area contributed by atoms with E-state index in [0.29, 0.717) is 26.1 Å². The van der Waals surface area contributed by atoms with Gasteiger partial charge in [0.15, 0.2) is 0 Å². The van der Waals surface area contributed by atoms with E-state index in [-0.39, 0.29) is 24.5 Å². The molecule has 0 spiro atoms. The van der Waals surface area contributed by atoms with Crippen molar-refractivity contribution in [2.45, 2.75) is 20.3 Å². The van der Waals surface area contributed by atoms with Crippen LogP contribution >= 0.6 is 0 Å². The summed E-state index contributed by atoms with van der Waals surface area (Å²) in [7, 11) is 0. The molecule has 0 atom stereocenters. The summed E-state index contributed by atoms with van der Waals surface area (Å²) in [5.41, 5.74) is 5.13. The molecule has 0 aromatic rings. The molecule has 0 aliphatic heterocycles. The lowest BCUT2D eigenvalue weighted by Gasteiger charge is -2.23. The van der Waals surface area contributed by atoms with Crippen molar-refractivity contribution in [3.63, 3.8) is 0 Å². The fourth-order valence-corrected chi connectivity index (χ4v) is 1.03. The predicted molar refractivity (Wildman–Crippen MR) is 58.4 cm³/mol. The standard InChI is InChI=1S/C10H22N2O3/c1-10(2,3-5-13)8-12-9(14)7-15-6-4-11/h13H,3-8,11H2,1-2H3,(H,12,14). The van der Waals surface area contributed by atoms with E-state index < -0.39 is 0 Å². The quantitative estimate of drug-likeness (QED) is 0.479. The molecule has 0 aromatic carbocycles. The smallest absolute Gasteiger partial charge is 0.246 e. The monoisotopic (exact) mass is 218 g/mol. The Kier molecular flexibility index (Phi) is 7.29. The molecular weight excluding hydrogens is 196 g/mol. The lowest BCUT2D eigenvalue weighted by atomic mass is 9.90. The molecule has 1 amide bonds. The fourth-order valence-electron chi connectivity index (χ4n) is 1.03. The van der Waals surface area contributed by atoms with E-state index in [9.17, 15) is 4.79 Å². The zero-order valence-corrected chi connectivity index (χ0v) is 9.58. The minimum absolute atomic E-state index is 0.0480. The lowest BCUT2D eigenvalue weighted by molar-refractivity contribution is -0.126. The number of amides is 1. The minimum Gasteiger partial charge on any atom is -0.396 e. The number of rotatable bonds is 8. The predicted octanol–water partition coefficient (Wildman–Crippen LogP) is -0.513. The SMILES string of the molecule is CC(C)(CCO)CNC(=O)COCCN. The summed E-state index contributed by atoms with van der Waals surface area (Å²) in [4.78, 5) is 11.2. The molecule has 15 heavy (non-hydrogen) atoms. The molecule has 0 unspecified atom stereocenters. The average molecular weight is 218 g/mol. The number of nitrogens with one attached hydrogen (secondary N) is 1. The van der Waals surface area contributed by atoms with Crippen LogP contribution in [0.4, 0.5) is 0 Å². The zero-order valence-electron chi connectivity index (χ0n) is 9.58. The number of carbonyl (C=O) groups is 1. The van der Waals surface area contributed by atoms with Gasteiger partial charge in [0.2, 0.25) is 5.91 Å². The van der Waals surface area contributed by atoms with Gasteiger partial charge in [0.25, 0.3) is 0 Å². The summed E-state index contributed by atoms with van der Waals surface area (Å²) in [6.45, 7) is 5.52. The highest BCUT2D eigenvalue weighted by molar-refractivity contribution is 5.77. The van der Waals surface area contributed by atoms with Gasteiger partial charge < -0.3 is 20.9 Å². The molecule has 0 aliphatic rings. The van der Waals surface area contributed by atoms with E-state index >= 15 is 0 Å². The maximum atomic E-state index is 11.2. The van der Waals surface area contributed by atoms with Crippen molar-refractivity contribution < 1.29 is 14.6 Å². The van der Waals surface area contributed by atoms with Crippen LogP contribution < -0.4 is 11.1 Å². The first-order chi connectivity index (χ1) is 7.02. The summed E-state index contributed by atoms with van der Waals surface area (Å²) in [6, 6.07) is 0.